The van der Waals surface area contributed by atoms with Crippen LogP contribution in [-0.2, 0) is 0 Å². The van der Waals surface area contributed by atoms with Gasteiger partial charge in [-0.05, 0) is 0 Å². The average Bonchev–Trinajstić information content (AvgIpc) is 2.43. The molecule has 0 amide bonds. The molecule has 17 heteroatoms. The first kappa shape index (κ1) is 36.4. The molecular weight excluding hydrogens is 2270 g/mol. The van der Waals surface area contributed by atoms with E-state index in [4.69, 9.17) is 0 Å². The van der Waals surface area contributed by atoms with Crippen LogP contribution in [0.2, 0.25) is 0 Å². The Balaban J connectivity index is 4.14. The Kier molecular flexibility index (Phi) is 17.3. The van der Waals surface area contributed by atoms with Crippen LogP contribution in [0.25, 0.3) is 0 Å². The summed E-state index contributed by atoms with van der Waals surface area (Å²) >= 11 is 46.4. The number of rotatable bonds is 0. The third-order valence-corrected chi connectivity index (χ3v) is 62.8. The van der Waals surface area contributed by atoms with Crippen molar-refractivity contribution in [1.82, 2.24) is 0 Å². The monoisotopic (exact) mass is 2270 g/mol. The van der Waals surface area contributed by atoms with E-state index < -0.39 is 0 Å². The summed E-state index contributed by atoms with van der Waals surface area (Å²) in [6, 6.07) is 0. The van der Waals surface area contributed by atoms with Gasteiger partial charge in [0.15, 0.2) is 0 Å². The van der Waals surface area contributed by atoms with Crippen LogP contribution in [-0.4, -0.2) is 11.4 Å². The molecule has 0 atom stereocenters. The fourth-order valence-corrected chi connectivity index (χ4v) is 31.4. The van der Waals surface area contributed by atoms with Crippen molar-refractivity contribution in [2.45, 2.75) is 11.4 Å². The molecule has 26 heavy (non-hydrogen) atoms. The molecular formula is C9I17. The van der Waals surface area contributed by atoms with E-state index in [1.807, 2.05) is 0 Å². The SMILES string of the molecule is I[C]1C(I)(I)C(I)(I)C(I)(I)C(I)(I)C(I)(I)C(I)(I)C(I)(I)C1(I)I. The zero-order valence-corrected chi connectivity index (χ0v) is 47.6. The fraction of sp³-hybridized carbons (Fsp3) is 0.889. The zero-order chi connectivity index (χ0) is 21.6. The fourth-order valence-electron chi connectivity index (χ4n) is 1.66. The van der Waals surface area contributed by atoms with E-state index >= 15 is 0 Å². The van der Waals surface area contributed by atoms with Gasteiger partial charge in [-0.25, -0.2) is 0 Å². The van der Waals surface area contributed by atoms with Gasteiger partial charge in [-0.15, -0.1) is 0 Å². The van der Waals surface area contributed by atoms with Gasteiger partial charge in [0.25, 0.3) is 0 Å². The van der Waals surface area contributed by atoms with E-state index in [1.54, 1.807) is 0 Å². The van der Waals surface area contributed by atoms with E-state index in [-0.39, 0.29) is 11.4 Å². The first-order chi connectivity index (χ1) is 10.9. The number of hydrogen-bond donors (Lipinski definition) is 0. The summed E-state index contributed by atoms with van der Waals surface area (Å²) in [4.78, 5) is 0. The van der Waals surface area contributed by atoms with E-state index in [1.165, 1.54) is 3.92 Å². The van der Waals surface area contributed by atoms with Crippen molar-refractivity contribution in [2.24, 2.45) is 0 Å². The highest BCUT2D eigenvalue weighted by Gasteiger charge is 2.81. The Morgan fingerprint density at radius 2 is 0.462 bits per heavy atom. The smallest absolute Gasteiger partial charge is 0.0724 e. The molecule has 0 aliphatic heterocycles. The van der Waals surface area contributed by atoms with Gasteiger partial charge in [0, 0.05) is 0 Å². The molecule has 1 aliphatic rings. The summed E-state index contributed by atoms with van der Waals surface area (Å²) in [5.74, 6) is 0. The van der Waals surface area contributed by atoms with E-state index in [0.29, 0.717) is 0 Å². The molecule has 1 fully saturated rings. The van der Waals surface area contributed by atoms with Gasteiger partial charge in [0.05, 0.1) is 3.92 Å². The van der Waals surface area contributed by atoms with Crippen molar-refractivity contribution >= 4 is 384 Å². The van der Waals surface area contributed by atoms with Crippen LogP contribution in [0.3, 0.4) is 0 Å². The number of halogens is 17. The van der Waals surface area contributed by atoms with Gasteiger partial charge in [0.2, 0.25) is 0 Å². The van der Waals surface area contributed by atoms with E-state index in [2.05, 4.69) is 384 Å². The summed E-state index contributed by atoms with van der Waals surface area (Å²) in [7, 11) is 0. The van der Waals surface area contributed by atoms with E-state index in [0.717, 1.165) is 0 Å². The molecule has 0 saturated heterocycles. The van der Waals surface area contributed by atoms with Crippen LogP contribution in [0.1, 0.15) is 0 Å². The molecule has 0 aromatic heterocycles. The second kappa shape index (κ2) is 12.3. The minimum absolute atomic E-state index is 0.0163. The molecule has 1 aliphatic carbocycles. The van der Waals surface area contributed by atoms with Crippen molar-refractivity contribution in [1.29, 1.82) is 0 Å². The van der Waals surface area contributed by atoms with Gasteiger partial charge in [-0.3, -0.25) is 0 Å². The molecule has 0 bridgehead atoms. The quantitative estimate of drug-likeness (QED) is 0.168. The van der Waals surface area contributed by atoms with Gasteiger partial charge >= 0.3 is 0 Å². The standard InChI is InChI=1S/C9I17/c10-1-2(11,12)4(15,16)6(19,20)8(23,24)9(25,26)7(21,22)5(17,18)3(1,13)14. The second-order valence-electron chi connectivity index (χ2n) is 4.91. The Hall–Kier alpha value is 12.4. The van der Waals surface area contributed by atoms with Crippen LogP contribution < -0.4 is 0 Å². The largest absolute Gasteiger partial charge is 0.125 e. The van der Waals surface area contributed by atoms with Crippen LogP contribution in [0.5, 0.6) is 0 Å². The minimum atomic E-state index is -0.0325. The van der Waals surface area contributed by atoms with Gasteiger partial charge in [-0.1, -0.05) is 384 Å². The summed E-state index contributed by atoms with van der Waals surface area (Å²) in [6.45, 7) is 0. The Morgan fingerprint density at radius 3 is 0.654 bits per heavy atom. The highest BCUT2D eigenvalue weighted by molar-refractivity contribution is 14.2. The van der Waals surface area contributed by atoms with Crippen LogP contribution >= 0.6 is 384 Å². The highest BCUT2D eigenvalue weighted by Crippen LogP contribution is 2.83. The maximum atomic E-state index is 2.75. The Morgan fingerprint density at radius 1 is 0.308 bits per heavy atom. The predicted octanol–water partition coefficient (Wildman–Crippen LogP) is 13.5. The summed E-state index contributed by atoms with van der Waals surface area (Å²) in [5, 5.41) is 0. The van der Waals surface area contributed by atoms with Gasteiger partial charge in [0.1, 0.15) is 11.4 Å². The van der Waals surface area contributed by atoms with Gasteiger partial charge in [-0.2, -0.15) is 0 Å². The highest BCUT2D eigenvalue weighted by atomic mass is 127. The molecule has 0 aromatic carbocycles. The molecule has 1 rings (SSSR count). The lowest BCUT2D eigenvalue weighted by Gasteiger charge is -2.56. The minimum Gasteiger partial charge on any atom is -0.0724 e. The van der Waals surface area contributed by atoms with Crippen molar-refractivity contribution in [3.8, 4) is 0 Å². The lowest BCUT2D eigenvalue weighted by Crippen LogP contribution is -2.65. The maximum Gasteiger partial charge on any atom is 0.125 e. The number of alkyl halides is 16. The van der Waals surface area contributed by atoms with Crippen LogP contribution in [0, 0.1) is 3.92 Å². The zero-order valence-electron chi connectivity index (χ0n) is 10.9. The van der Waals surface area contributed by atoms with Crippen molar-refractivity contribution in [3.05, 3.63) is 3.92 Å². The summed E-state index contributed by atoms with van der Waals surface area (Å²) in [5.41, 5.74) is 0. The third-order valence-electron chi connectivity index (χ3n) is 3.31. The molecule has 0 spiro atoms. The molecule has 1 saturated carbocycles. The predicted molar refractivity (Wildman–Crippen MR) is 263 cm³/mol. The average molecular weight is 2270 g/mol. The molecule has 155 valence electrons. The summed E-state index contributed by atoms with van der Waals surface area (Å²) in [6.07, 6.45) is 0. The molecule has 0 heterocycles. The Labute approximate surface area is 386 Å². The van der Waals surface area contributed by atoms with Crippen LogP contribution in [0.4, 0.5) is 0 Å². The molecule has 0 N–H and O–H groups in total. The normalized spacial score (nSPS) is 33.6. The van der Waals surface area contributed by atoms with Crippen molar-refractivity contribution in [2.75, 3.05) is 0 Å². The maximum absolute atomic E-state index is 2.75. The topological polar surface area (TPSA) is 0 Å². The lowest BCUT2D eigenvalue weighted by atomic mass is 10.1. The first-order valence-electron chi connectivity index (χ1n) is 5.46. The second-order valence-corrected chi connectivity index (χ2v) is 48.4. The molecule has 1 radical (unpaired) electrons. The van der Waals surface area contributed by atoms with Gasteiger partial charge < -0.3 is 0 Å². The van der Waals surface area contributed by atoms with Crippen molar-refractivity contribution in [3.63, 3.8) is 0 Å². The first-order valence-corrected chi connectivity index (χ1v) is 23.8. The Bertz CT molecular complexity index is 521. The number of hydrogen-bond acceptors (Lipinski definition) is 0. The van der Waals surface area contributed by atoms with E-state index in [9.17, 15) is 0 Å². The summed E-state index contributed by atoms with van der Waals surface area (Å²) < 4.78 is 1.34. The lowest BCUT2D eigenvalue weighted by molar-refractivity contribution is 0.703. The third kappa shape index (κ3) is 5.98. The molecule has 0 nitrogen and oxygen atoms in total. The molecule has 0 aromatic rings. The molecule has 0 unspecified atom stereocenters. The van der Waals surface area contributed by atoms with Crippen molar-refractivity contribution < 1.29 is 0 Å². The van der Waals surface area contributed by atoms with Crippen LogP contribution in [0.15, 0.2) is 0 Å².